The quantitative estimate of drug-likeness (QED) is 0.424. The maximum absolute atomic E-state index is 13.0. The van der Waals surface area contributed by atoms with Gasteiger partial charge in [0.1, 0.15) is 0 Å². The van der Waals surface area contributed by atoms with Crippen LogP contribution in [0, 0.1) is 0 Å². The molecule has 6 nitrogen and oxygen atoms in total. The van der Waals surface area contributed by atoms with Gasteiger partial charge in [0, 0.05) is 30.9 Å². The van der Waals surface area contributed by atoms with Crippen LogP contribution in [-0.2, 0) is 13.2 Å². The number of aromatic nitrogens is 3. The SMILES string of the molecule is C[C@@H](CCNC(=O)c1cccc(-c2cnc3[nH]c(=O)n(C)c3c2)c1)c1cccc(C(F)(F)F)c1. The zero-order valence-electron chi connectivity index (χ0n) is 18.6. The lowest BCUT2D eigenvalue weighted by atomic mass is 9.96. The Morgan fingerprint density at radius 2 is 1.88 bits per heavy atom. The molecule has 0 saturated heterocycles. The number of rotatable bonds is 6. The summed E-state index contributed by atoms with van der Waals surface area (Å²) in [5.74, 6) is -0.430. The number of aryl methyl sites for hydroxylation is 1. The topological polar surface area (TPSA) is 79.8 Å². The van der Waals surface area contributed by atoms with Crippen LogP contribution in [0.1, 0.15) is 40.7 Å². The molecule has 0 radical (unpaired) electrons. The van der Waals surface area contributed by atoms with Crippen LogP contribution in [0.3, 0.4) is 0 Å². The number of imidazole rings is 1. The van der Waals surface area contributed by atoms with E-state index in [9.17, 15) is 22.8 Å². The molecule has 176 valence electrons. The molecule has 0 aliphatic carbocycles. The first-order valence-corrected chi connectivity index (χ1v) is 10.7. The van der Waals surface area contributed by atoms with Gasteiger partial charge in [-0.05, 0) is 47.7 Å². The molecule has 4 rings (SSSR count). The van der Waals surface area contributed by atoms with Crippen LogP contribution in [0.5, 0.6) is 0 Å². The highest BCUT2D eigenvalue weighted by atomic mass is 19.4. The van der Waals surface area contributed by atoms with E-state index >= 15 is 0 Å². The highest BCUT2D eigenvalue weighted by Gasteiger charge is 2.30. The fourth-order valence-corrected chi connectivity index (χ4v) is 3.79. The molecule has 2 heterocycles. The van der Waals surface area contributed by atoms with Gasteiger partial charge in [-0.1, -0.05) is 37.3 Å². The molecule has 1 amide bonds. The molecule has 0 spiro atoms. The number of H-pyrrole nitrogens is 1. The summed E-state index contributed by atoms with van der Waals surface area (Å²) >= 11 is 0. The van der Waals surface area contributed by atoms with E-state index in [2.05, 4.69) is 15.3 Å². The van der Waals surface area contributed by atoms with Gasteiger partial charge in [-0.3, -0.25) is 14.3 Å². The lowest BCUT2D eigenvalue weighted by Crippen LogP contribution is -2.25. The van der Waals surface area contributed by atoms with Gasteiger partial charge in [-0.2, -0.15) is 13.2 Å². The zero-order chi connectivity index (χ0) is 24.5. The molecule has 0 aliphatic heterocycles. The molecule has 1 atom stereocenters. The number of pyridine rings is 1. The minimum absolute atomic E-state index is 0.153. The minimum atomic E-state index is -4.38. The lowest BCUT2D eigenvalue weighted by molar-refractivity contribution is -0.137. The van der Waals surface area contributed by atoms with Crippen molar-refractivity contribution >= 4 is 17.1 Å². The number of nitrogens with one attached hydrogen (secondary N) is 2. The van der Waals surface area contributed by atoms with Crippen LogP contribution in [-0.4, -0.2) is 27.0 Å². The number of alkyl halides is 3. The first-order valence-electron chi connectivity index (χ1n) is 10.7. The van der Waals surface area contributed by atoms with Crippen molar-refractivity contribution in [2.75, 3.05) is 6.54 Å². The highest BCUT2D eigenvalue weighted by molar-refractivity contribution is 5.95. The Bertz CT molecular complexity index is 1410. The monoisotopic (exact) mass is 468 g/mol. The minimum Gasteiger partial charge on any atom is -0.352 e. The lowest BCUT2D eigenvalue weighted by Gasteiger charge is -2.15. The average Bonchev–Trinajstić information content (AvgIpc) is 3.11. The van der Waals surface area contributed by atoms with Crippen molar-refractivity contribution in [3.8, 4) is 11.1 Å². The van der Waals surface area contributed by atoms with Gasteiger partial charge >= 0.3 is 11.9 Å². The summed E-state index contributed by atoms with van der Waals surface area (Å²) < 4.78 is 40.3. The molecule has 0 unspecified atom stereocenters. The summed E-state index contributed by atoms with van der Waals surface area (Å²) in [6, 6.07) is 14.1. The van der Waals surface area contributed by atoms with Gasteiger partial charge in [0.25, 0.3) is 5.91 Å². The predicted octanol–water partition coefficient (Wildman–Crippen LogP) is 4.87. The normalized spacial score (nSPS) is 12.6. The average molecular weight is 468 g/mol. The molecule has 34 heavy (non-hydrogen) atoms. The van der Waals surface area contributed by atoms with Crippen LogP contribution < -0.4 is 11.0 Å². The number of amides is 1. The fourth-order valence-electron chi connectivity index (χ4n) is 3.79. The summed E-state index contributed by atoms with van der Waals surface area (Å²) in [4.78, 5) is 31.4. The number of hydrogen-bond donors (Lipinski definition) is 2. The van der Waals surface area contributed by atoms with E-state index in [1.807, 2.05) is 19.1 Å². The van der Waals surface area contributed by atoms with E-state index in [-0.39, 0.29) is 17.5 Å². The molecule has 2 aromatic carbocycles. The molecule has 4 aromatic rings. The van der Waals surface area contributed by atoms with Crippen molar-refractivity contribution in [1.29, 1.82) is 0 Å². The summed E-state index contributed by atoms with van der Waals surface area (Å²) in [7, 11) is 1.65. The van der Waals surface area contributed by atoms with E-state index in [1.165, 1.54) is 10.6 Å². The molecule has 9 heteroatoms. The van der Waals surface area contributed by atoms with Crippen molar-refractivity contribution in [3.05, 3.63) is 88.0 Å². The Labute approximate surface area is 193 Å². The van der Waals surface area contributed by atoms with Gasteiger partial charge in [-0.15, -0.1) is 0 Å². The third-order valence-electron chi connectivity index (χ3n) is 5.86. The Morgan fingerprint density at radius 1 is 1.12 bits per heavy atom. The maximum Gasteiger partial charge on any atom is 0.416 e. The zero-order valence-corrected chi connectivity index (χ0v) is 18.6. The molecule has 0 saturated carbocycles. The van der Waals surface area contributed by atoms with Gasteiger partial charge in [0.2, 0.25) is 0 Å². The second kappa shape index (κ2) is 9.17. The molecular weight excluding hydrogens is 445 g/mol. The molecule has 0 bridgehead atoms. The van der Waals surface area contributed by atoms with Crippen molar-refractivity contribution in [1.82, 2.24) is 19.9 Å². The Hall–Kier alpha value is -3.88. The fraction of sp³-hybridized carbons (Fsp3) is 0.240. The smallest absolute Gasteiger partial charge is 0.352 e. The number of benzene rings is 2. The third kappa shape index (κ3) is 4.88. The molecular formula is C25H23F3N4O2. The third-order valence-corrected chi connectivity index (χ3v) is 5.86. The molecule has 0 fully saturated rings. The second-order valence-corrected chi connectivity index (χ2v) is 8.23. The standard InChI is InChI=1S/C25H23F3N4O2/c1-15(16-5-4-8-20(12-16)25(26,27)28)9-10-29-23(33)18-7-3-6-17(11-18)19-13-21-22(30-14-19)31-24(34)32(21)2/h3-8,11-15H,9-10H2,1-2H3,(H,29,33)(H,30,31,34)/t15-/m0/s1. The number of carbonyl (C=O) groups excluding carboxylic acids is 1. The van der Waals surface area contributed by atoms with Crippen LogP contribution >= 0.6 is 0 Å². The van der Waals surface area contributed by atoms with Gasteiger partial charge < -0.3 is 5.32 Å². The number of nitrogens with zero attached hydrogens (tertiary/aromatic N) is 2. The van der Waals surface area contributed by atoms with Crippen molar-refractivity contribution in [2.24, 2.45) is 7.05 Å². The van der Waals surface area contributed by atoms with Gasteiger partial charge in [0.05, 0.1) is 11.1 Å². The van der Waals surface area contributed by atoms with Crippen LogP contribution in [0.15, 0.2) is 65.6 Å². The molecule has 0 aliphatic rings. The number of halogens is 3. The Kier molecular flexibility index (Phi) is 6.28. The predicted molar refractivity (Wildman–Crippen MR) is 124 cm³/mol. The Balaban J connectivity index is 1.42. The van der Waals surface area contributed by atoms with E-state index in [1.54, 1.807) is 37.5 Å². The van der Waals surface area contributed by atoms with Crippen molar-refractivity contribution in [3.63, 3.8) is 0 Å². The number of hydrogen-bond acceptors (Lipinski definition) is 3. The van der Waals surface area contributed by atoms with E-state index in [4.69, 9.17) is 0 Å². The summed E-state index contributed by atoms with van der Waals surface area (Å²) in [6.07, 6.45) is -2.26. The molecule has 2 aromatic heterocycles. The van der Waals surface area contributed by atoms with Crippen LogP contribution in [0.2, 0.25) is 0 Å². The van der Waals surface area contributed by atoms with Crippen LogP contribution in [0.4, 0.5) is 13.2 Å². The number of aromatic amines is 1. The molecule has 2 N–H and O–H groups in total. The van der Waals surface area contributed by atoms with E-state index < -0.39 is 11.7 Å². The first kappa shape index (κ1) is 23.3. The van der Waals surface area contributed by atoms with Crippen molar-refractivity contribution < 1.29 is 18.0 Å². The summed E-state index contributed by atoms with van der Waals surface area (Å²) in [5.41, 5.74) is 2.77. The highest BCUT2D eigenvalue weighted by Crippen LogP contribution is 2.31. The Morgan fingerprint density at radius 3 is 2.65 bits per heavy atom. The maximum atomic E-state index is 13.0. The van der Waals surface area contributed by atoms with Crippen molar-refractivity contribution in [2.45, 2.75) is 25.4 Å². The second-order valence-electron chi connectivity index (χ2n) is 8.23. The first-order chi connectivity index (χ1) is 16.1. The number of carbonyl (C=O) groups is 1. The van der Waals surface area contributed by atoms with Crippen LogP contribution in [0.25, 0.3) is 22.3 Å². The largest absolute Gasteiger partial charge is 0.416 e. The summed E-state index contributed by atoms with van der Waals surface area (Å²) in [5, 5.41) is 2.84. The van der Waals surface area contributed by atoms with E-state index in [0.29, 0.717) is 35.3 Å². The van der Waals surface area contributed by atoms with Gasteiger partial charge in [0.15, 0.2) is 5.65 Å². The van der Waals surface area contributed by atoms with Gasteiger partial charge in [-0.25, -0.2) is 9.78 Å². The van der Waals surface area contributed by atoms with E-state index in [0.717, 1.165) is 23.3 Å². The number of fused-ring (bicyclic) bond motifs is 1. The summed E-state index contributed by atoms with van der Waals surface area (Å²) in [6.45, 7) is 2.15.